The highest BCUT2D eigenvalue weighted by Gasteiger charge is 2.03. The molecule has 62 valence electrons. The summed E-state index contributed by atoms with van der Waals surface area (Å²) < 4.78 is 10.0. The predicted octanol–water partition coefficient (Wildman–Crippen LogP) is 0.557. The molecular weight excluding hydrogens is 130 g/mol. The van der Waals surface area contributed by atoms with Gasteiger partial charge in [0.15, 0.2) is 6.29 Å². The number of ether oxygens (including phenoxy) is 2. The van der Waals surface area contributed by atoms with E-state index in [2.05, 4.69) is 4.90 Å². The van der Waals surface area contributed by atoms with Crippen LogP contribution < -0.4 is 0 Å². The van der Waals surface area contributed by atoms with E-state index < -0.39 is 0 Å². The van der Waals surface area contributed by atoms with Gasteiger partial charge in [-0.3, -0.25) is 0 Å². The van der Waals surface area contributed by atoms with E-state index in [1.54, 1.807) is 14.2 Å². The molecule has 10 heavy (non-hydrogen) atoms. The average Bonchev–Trinajstić information content (AvgIpc) is 1.90. The number of methoxy groups -OCH3 is 2. The van der Waals surface area contributed by atoms with Crippen LogP contribution in [0.2, 0.25) is 0 Å². The summed E-state index contributed by atoms with van der Waals surface area (Å²) in [6.07, 6.45) is 0.863. The molecule has 0 aliphatic rings. The fraction of sp³-hybridized carbons (Fsp3) is 1.00. The van der Waals surface area contributed by atoms with Crippen molar-refractivity contribution in [3.63, 3.8) is 0 Å². The highest BCUT2D eigenvalue weighted by atomic mass is 16.7. The fourth-order valence-corrected chi connectivity index (χ4v) is 0.696. The van der Waals surface area contributed by atoms with Gasteiger partial charge in [-0.25, -0.2) is 0 Å². The third-order valence-electron chi connectivity index (χ3n) is 1.34. The lowest BCUT2D eigenvalue weighted by Crippen LogP contribution is -2.21. The van der Waals surface area contributed by atoms with Gasteiger partial charge in [0.2, 0.25) is 0 Å². The Morgan fingerprint density at radius 1 is 1.20 bits per heavy atom. The number of hydrogen-bond acceptors (Lipinski definition) is 3. The molecular formula is C7H17NO2. The first-order chi connectivity index (χ1) is 4.70. The highest BCUT2D eigenvalue weighted by molar-refractivity contribution is 4.47. The Labute approximate surface area is 62.9 Å². The largest absolute Gasteiger partial charge is 0.356 e. The van der Waals surface area contributed by atoms with Crippen molar-refractivity contribution in [2.24, 2.45) is 0 Å². The molecule has 0 atom stereocenters. The zero-order valence-corrected chi connectivity index (χ0v) is 7.26. The highest BCUT2D eigenvalue weighted by Crippen LogP contribution is 1.97. The number of nitrogens with zero attached hydrogens (tertiary/aromatic N) is 1. The summed E-state index contributed by atoms with van der Waals surface area (Å²) >= 11 is 0. The Morgan fingerprint density at radius 3 is 2.00 bits per heavy atom. The second kappa shape index (κ2) is 5.65. The Morgan fingerprint density at radius 2 is 1.70 bits per heavy atom. The molecule has 3 heteroatoms. The van der Waals surface area contributed by atoms with E-state index >= 15 is 0 Å². The van der Waals surface area contributed by atoms with Crippen LogP contribution in [-0.2, 0) is 9.47 Å². The number of hydrogen-bond donors (Lipinski definition) is 0. The summed E-state index contributed by atoms with van der Waals surface area (Å²) in [4.78, 5) is 2.10. The van der Waals surface area contributed by atoms with Crippen LogP contribution >= 0.6 is 0 Å². The maximum absolute atomic E-state index is 5.00. The average molecular weight is 147 g/mol. The van der Waals surface area contributed by atoms with Crippen molar-refractivity contribution in [2.45, 2.75) is 12.7 Å². The topological polar surface area (TPSA) is 21.7 Å². The quantitative estimate of drug-likeness (QED) is 0.530. The van der Waals surface area contributed by atoms with Crippen LogP contribution in [0, 0.1) is 0 Å². The molecule has 0 unspecified atom stereocenters. The van der Waals surface area contributed by atoms with Crippen molar-refractivity contribution in [3.8, 4) is 0 Å². The van der Waals surface area contributed by atoms with Gasteiger partial charge in [-0.05, 0) is 14.1 Å². The predicted molar refractivity (Wildman–Crippen MR) is 41.0 cm³/mol. The summed E-state index contributed by atoms with van der Waals surface area (Å²) in [7, 11) is 7.37. The lowest BCUT2D eigenvalue weighted by atomic mass is 10.4. The molecule has 0 aliphatic heterocycles. The summed E-state index contributed by atoms with van der Waals surface area (Å²) in [6.45, 7) is 0.992. The van der Waals surface area contributed by atoms with E-state index in [0.29, 0.717) is 0 Å². The number of rotatable bonds is 5. The van der Waals surface area contributed by atoms with Gasteiger partial charge in [0, 0.05) is 27.2 Å². The lowest BCUT2D eigenvalue weighted by molar-refractivity contribution is -0.108. The maximum atomic E-state index is 5.00. The van der Waals surface area contributed by atoms with E-state index in [4.69, 9.17) is 9.47 Å². The first kappa shape index (κ1) is 9.88. The summed E-state index contributed by atoms with van der Waals surface area (Å²) in [5.41, 5.74) is 0. The smallest absolute Gasteiger partial charge is 0.158 e. The second-order valence-electron chi connectivity index (χ2n) is 2.49. The second-order valence-corrected chi connectivity index (χ2v) is 2.49. The van der Waals surface area contributed by atoms with Gasteiger partial charge in [0.05, 0.1) is 0 Å². The van der Waals surface area contributed by atoms with Gasteiger partial charge in [-0.15, -0.1) is 0 Å². The molecule has 0 bridgehead atoms. The summed E-state index contributed by atoms with van der Waals surface area (Å²) in [5.74, 6) is 0. The Hall–Kier alpha value is -0.120. The first-order valence-electron chi connectivity index (χ1n) is 3.41. The van der Waals surface area contributed by atoms with Crippen molar-refractivity contribution < 1.29 is 9.47 Å². The van der Waals surface area contributed by atoms with Crippen molar-refractivity contribution in [1.82, 2.24) is 4.90 Å². The fourth-order valence-electron chi connectivity index (χ4n) is 0.696. The van der Waals surface area contributed by atoms with Gasteiger partial charge < -0.3 is 14.4 Å². The zero-order chi connectivity index (χ0) is 7.98. The van der Waals surface area contributed by atoms with Crippen LogP contribution in [0.1, 0.15) is 6.42 Å². The van der Waals surface area contributed by atoms with E-state index in [0.717, 1.165) is 13.0 Å². The maximum Gasteiger partial charge on any atom is 0.158 e. The van der Waals surface area contributed by atoms with Gasteiger partial charge in [-0.2, -0.15) is 0 Å². The van der Waals surface area contributed by atoms with Crippen LogP contribution in [-0.4, -0.2) is 46.0 Å². The molecule has 0 saturated carbocycles. The molecule has 3 nitrogen and oxygen atoms in total. The zero-order valence-electron chi connectivity index (χ0n) is 7.26. The Balaban J connectivity index is 3.26. The van der Waals surface area contributed by atoms with Crippen molar-refractivity contribution in [1.29, 1.82) is 0 Å². The molecule has 0 fully saturated rings. The third-order valence-corrected chi connectivity index (χ3v) is 1.34. The molecule has 0 radical (unpaired) electrons. The van der Waals surface area contributed by atoms with E-state index in [1.165, 1.54) is 0 Å². The standard InChI is InChI=1S/C7H17NO2/c1-8(2)6-5-7(9-3)10-4/h7H,5-6H2,1-4H3. The normalized spacial score (nSPS) is 11.4. The monoisotopic (exact) mass is 147 g/mol. The molecule has 0 N–H and O–H groups in total. The molecule has 0 aromatic rings. The lowest BCUT2D eigenvalue weighted by Gasteiger charge is -2.15. The van der Waals surface area contributed by atoms with E-state index in [9.17, 15) is 0 Å². The van der Waals surface area contributed by atoms with Crippen LogP contribution in [0.5, 0.6) is 0 Å². The van der Waals surface area contributed by atoms with Crippen molar-refractivity contribution in [3.05, 3.63) is 0 Å². The van der Waals surface area contributed by atoms with Gasteiger partial charge in [0.25, 0.3) is 0 Å². The van der Waals surface area contributed by atoms with Crippen LogP contribution in [0.15, 0.2) is 0 Å². The van der Waals surface area contributed by atoms with Crippen molar-refractivity contribution in [2.75, 3.05) is 34.9 Å². The molecule has 0 amide bonds. The molecule has 0 heterocycles. The first-order valence-corrected chi connectivity index (χ1v) is 3.41. The van der Waals surface area contributed by atoms with Crippen molar-refractivity contribution >= 4 is 0 Å². The molecule has 0 spiro atoms. The van der Waals surface area contributed by atoms with Gasteiger partial charge >= 0.3 is 0 Å². The SMILES string of the molecule is COC(CCN(C)C)OC. The van der Waals surface area contributed by atoms with Crippen LogP contribution in [0.4, 0.5) is 0 Å². The van der Waals surface area contributed by atoms with Gasteiger partial charge in [-0.1, -0.05) is 0 Å². The third kappa shape index (κ3) is 4.73. The minimum Gasteiger partial charge on any atom is -0.356 e. The molecule has 0 aromatic carbocycles. The molecule has 0 aromatic heterocycles. The minimum atomic E-state index is -0.0533. The Kier molecular flexibility index (Phi) is 5.58. The molecule has 0 rings (SSSR count). The summed E-state index contributed by atoms with van der Waals surface area (Å²) in [6, 6.07) is 0. The van der Waals surface area contributed by atoms with Crippen LogP contribution in [0.25, 0.3) is 0 Å². The Bertz CT molecular complexity index is 72.0. The van der Waals surface area contributed by atoms with E-state index in [-0.39, 0.29) is 6.29 Å². The van der Waals surface area contributed by atoms with Gasteiger partial charge in [0.1, 0.15) is 0 Å². The summed E-state index contributed by atoms with van der Waals surface area (Å²) in [5, 5.41) is 0. The van der Waals surface area contributed by atoms with Crippen LogP contribution in [0.3, 0.4) is 0 Å². The van der Waals surface area contributed by atoms with E-state index in [1.807, 2.05) is 14.1 Å². The molecule has 0 aliphatic carbocycles. The minimum absolute atomic E-state index is 0.0533. The molecule has 0 saturated heterocycles.